The zero-order valence-electron chi connectivity index (χ0n) is 12.1. The molecule has 3 unspecified atom stereocenters. The zero-order valence-corrected chi connectivity index (χ0v) is 13.6. The van der Waals surface area contributed by atoms with Gasteiger partial charge < -0.3 is 0 Å². The quantitative estimate of drug-likeness (QED) is 0.592. The van der Waals surface area contributed by atoms with Gasteiger partial charge in [0.05, 0.1) is 0 Å². The first-order valence-electron chi connectivity index (χ1n) is 7.25. The Labute approximate surface area is 127 Å². The van der Waals surface area contributed by atoms with Gasteiger partial charge in [-0.05, 0) is 54.6 Å². The minimum absolute atomic E-state index is 0.301. The minimum atomic E-state index is 0.301. The standard InChI is InChI=1S/C17H24Cl2/c1-17(2,3)14-8-9-16(19)13(11-14)10-12-6-4-5-7-15(12)18/h4-7,13-14,16H,8-11H2,1-3H3. The minimum Gasteiger partial charge on any atom is -0.123 e. The molecule has 2 heteroatoms. The molecule has 1 aromatic carbocycles. The fourth-order valence-corrected chi connectivity index (χ4v) is 3.70. The van der Waals surface area contributed by atoms with Crippen molar-refractivity contribution in [3.05, 3.63) is 34.9 Å². The maximum absolute atomic E-state index is 6.56. The van der Waals surface area contributed by atoms with Crippen LogP contribution in [0.4, 0.5) is 0 Å². The largest absolute Gasteiger partial charge is 0.123 e. The van der Waals surface area contributed by atoms with Gasteiger partial charge in [-0.2, -0.15) is 0 Å². The van der Waals surface area contributed by atoms with Crippen molar-refractivity contribution in [2.24, 2.45) is 17.3 Å². The molecule has 106 valence electrons. The molecular weight excluding hydrogens is 275 g/mol. The van der Waals surface area contributed by atoms with Crippen molar-refractivity contribution in [3.63, 3.8) is 0 Å². The van der Waals surface area contributed by atoms with Gasteiger partial charge in [-0.1, -0.05) is 50.6 Å². The van der Waals surface area contributed by atoms with Crippen LogP contribution in [0.5, 0.6) is 0 Å². The third-order valence-electron chi connectivity index (χ3n) is 4.55. The van der Waals surface area contributed by atoms with E-state index in [0.29, 0.717) is 16.7 Å². The third-order valence-corrected chi connectivity index (χ3v) is 5.50. The number of hydrogen-bond acceptors (Lipinski definition) is 0. The second-order valence-corrected chi connectivity index (χ2v) is 7.92. The summed E-state index contributed by atoms with van der Waals surface area (Å²) in [6.07, 6.45) is 4.64. The van der Waals surface area contributed by atoms with Gasteiger partial charge in [-0.25, -0.2) is 0 Å². The summed E-state index contributed by atoms with van der Waals surface area (Å²) in [5.41, 5.74) is 1.63. The molecule has 0 aromatic heterocycles. The van der Waals surface area contributed by atoms with Crippen molar-refractivity contribution in [2.75, 3.05) is 0 Å². The van der Waals surface area contributed by atoms with Gasteiger partial charge in [0.1, 0.15) is 0 Å². The number of hydrogen-bond donors (Lipinski definition) is 0. The van der Waals surface area contributed by atoms with Crippen molar-refractivity contribution >= 4 is 23.2 Å². The van der Waals surface area contributed by atoms with E-state index >= 15 is 0 Å². The van der Waals surface area contributed by atoms with E-state index in [1.54, 1.807) is 0 Å². The normalized spacial score (nSPS) is 28.4. The fourth-order valence-electron chi connectivity index (χ4n) is 3.17. The molecule has 1 aliphatic carbocycles. The Balaban J connectivity index is 2.08. The van der Waals surface area contributed by atoms with Crippen LogP contribution in [0.25, 0.3) is 0 Å². The van der Waals surface area contributed by atoms with Crippen LogP contribution in [0.15, 0.2) is 24.3 Å². The highest BCUT2D eigenvalue weighted by Gasteiger charge is 2.35. The van der Waals surface area contributed by atoms with Crippen LogP contribution < -0.4 is 0 Å². The first-order chi connectivity index (χ1) is 8.88. The molecule has 2 rings (SSSR count). The molecular formula is C17H24Cl2. The Kier molecular flexibility index (Phi) is 4.84. The molecule has 0 saturated heterocycles. The summed E-state index contributed by atoms with van der Waals surface area (Å²) >= 11 is 12.8. The summed E-state index contributed by atoms with van der Waals surface area (Å²) in [6.45, 7) is 7.04. The summed E-state index contributed by atoms with van der Waals surface area (Å²) < 4.78 is 0. The van der Waals surface area contributed by atoms with Gasteiger partial charge in [0.2, 0.25) is 0 Å². The van der Waals surface area contributed by atoms with Gasteiger partial charge >= 0.3 is 0 Å². The number of benzene rings is 1. The first-order valence-corrected chi connectivity index (χ1v) is 8.07. The van der Waals surface area contributed by atoms with Crippen LogP contribution in [0.2, 0.25) is 5.02 Å². The molecule has 1 aliphatic rings. The average Bonchev–Trinajstić information content (AvgIpc) is 2.33. The summed E-state index contributed by atoms with van der Waals surface area (Å²) in [6, 6.07) is 8.16. The predicted octanol–water partition coefficient (Wildman–Crippen LogP) is 5.95. The molecule has 1 fully saturated rings. The molecule has 0 radical (unpaired) electrons. The summed E-state index contributed by atoms with van der Waals surface area (Å²) in [5.74, 6) is 1.33. The molecule has 0 nitrogen and oxygen atoms in total. The SMILES string of the molecule is CC(C)(C)C1CCC(Cl)C(Cc2ccccc2Cl)C1. The molecule has 1 saturated carbocycles. The highest BCUT2D eigenvalue weighted by atomic mass is 35.5. The smallest absolute Gasteiger partial charge is 0.0438 e. The van der Waals surface area contributed by atoms with Gasteiger partial charge in [0.25, 0.3) is 0 Å². The van der Waals surface area contributed by atoms with E-state index in [4.69, 9.17) is 23.2 Å². The van der Waals surface area contributed by atoms with Crippen LogP contribution in [-0.4, -0.2) is 5.38 Å². The number of alkyl halides is 1. The van der Waals surface area contributed by atoms with Crippen LogP contribution in [0.1, 0.15) is 45.6 Å². The van der Waals surface area contributed by atoms with Gasteiger partial charge in [0.15, 0.2) is 0 Å². The van der Waals surface area contributed by atoms with Crippen LogP contribution in [-0.2, 0) is 6.42 Å². The first kappa shape index (κ1) is 15.2. The molecule has 0 spiro atoms. The van der Waals surface area contributed by atoms with E-state index in [1.165, 1.54) is 18.4 Å². The van der Waals surface area contributed by atoms with Crippen LogP contribution >= 0.6 is 23.2 Å². The van der Waals surface area contributed by atoms with Crippen LogP contribution in [0.3, 0.4) is 0 Å². The summed E-state index contributed by atoms with van der Waals surface area (Å²) in [5, 5.41) is 1.18. The lowest BCUT2D eigenvalue weighted by Crippen LogP contribution is -2.33. The van der Waals surface area contributed by atoms with Crippen molar-refractivity contribution in [2.45, 2.75) is 51.8 Å². The van der Waals surface area contributed by atoms with Crippen molar-refractivity contribution < 1.29 is 0 Å². The predicted molar refractivity (Wildman–Crippen MR) is 85.1 cm³/mol. The Morgan fingerprint density at radius 2 is 1.84 bits per heavy atom. The number of rotatable bonds is 2. The molecule has 19 heavy (non-hydrogen) atoms. The van der Waals surface area contributed by atoms with Crippen LogP contribution in [0, 0.1) is 17.3 Å². The number of halogens is 2. The Hall–Kier alpha value is -0.200. The second-order valence-electron chi connectivity index (χ2n) is 6.95. The molecule has 0 N–H and O–H groups in total. The maximum atomic E-state index is 6.56. The van der Waals surface area contributed by atoms with Gasteiger partial charge in [0, 0.05) is 10.4 Å². The van der Waals surface area contributed by atoms with E-state index in [0.717, 1.165) is 23.8 Å². The van der Waals surface area contributed by atoms with E-state index in [2.05, 4.69) is 32.9 Å². The summed E-state index contributed by atoms with van der Waals surface area (Å²) in [7, 11) is 0. The lowest BCUT2D eigenvalue weighted by Gasteiger charge is -2.40. The Morgan fingerprint density at radius 3 is 2.47 bits per heavy atom. The van der Waals surface area contributed by atoms with E-state index in [-0.39, 0.29) is 0 Å². The maximum Gasteiger partial charge on any atom is 0.0438 e. The molecule has 0 aliphatic heterocycles. The van der Waals surface area contributed by atoms with E-state index in [9.17, 15) is 0 Å². The summed E-state index contributed by atoms with van der Waals surface area (Å²) in [4.78, 5) is 0. The lowest BCUT2D eigenvalue weighted by atomic mass is 9.68. The highest BCUT2D eigenvalue weighted by molar-refractivity contribution is 6.31. The average molecular weight is 299 g/mol. The Bertz CT molecular complexity index is 420. The monoisotopic (exact) mass is 298 g/mol. The van der Waals surface area contributed by atoms with Crippen molar-refractivity contribution in [1.29, 1.82) is 0 Å². The van der Waals surface area contributed by atoms with Crippen molar-refractivity contribution in [1.82, 2.24) is 0 Å². The third kappa shape index (κ3) is 3.89. The van der Waals surface area contributed by atoms with Crippen molar-refractivity contribution in [3.8, 4) is 0 Å². The Morgan fingerprint density at radius 1 is 1.16 bits per heavy atom. The second kappa shape index (κ2) is 6.06. The molecule has 0 amide bonds. The zero-order chi connectivity index (χ0) is 14.0. The van der Waals surface area contributed by atoms with E-state index < -0.39 is 0 Å². The molecule has 0 heterocycles. The highest BCUT2D eigenvalue weighted by Crippen LogP contribution is 2.43. The molecule has 1 aromatic rings. The van der Waals surface area contributed by atoms with E-state index in [1.807, 2.05) is 12.1 Å². The van der Waals surface area contributed by atoms with Gasteiger partial charge in [-0.3, -0.25) is 0 Å². The topological polar surface area (TPSA) is 0 Å². The van der Waals surface area contributed by atoms with Gasteiger partial charge in [-0.15, -0.1) is 11.6 Å². The lowest BCUT2D eigenvalue weighted by molar-refractivity contribution is 0.144. The molecule has 3 atom stereocenters. The molecule has 0 bridgehead atoms. The fraction of sp³-hybridized carbons (Fsp3) is 0.647.